The summed E-state index contributed by atoms with van der Waals surface area (Å²) in [6.07, 6.45) is 0. The van der Waals surface area contributed by atoms with Gasteiger partial charge in [-0.05, 0) is 63.0 Å². The molecule has 4 aromatic rings. The number of aliphatic hydroxyl groups is 1. The number of carbonyl (C=O) groups is 1. The van der Waals surface area contributed by atoms with Crippen molar-refractivity contribution in [3.63, 3.8) is 0 Å². The smallest absolute Gasteiger partial charge is 0.323 e. The van der Waals surface area contributed by atoms with Crippen molar-refractivity contribution in [3.8, 4) is 40.2 Å². The van der Waals surface area contributed by atoms with Gasteiger partial charge in [0.25, 0.3) is 0 Å². The van der Waals surface area contributed by atoms with Gasteiger partial charge in [0.2, 0.25) is 0 Å². The number of carboxylic acids is 1. The van der Waals surface area contributed by atoms with Gasteiger partial charge in [0, 0.05) is 28.2 Å². The fraction of sp³-hybridized carbons (Fsp3) is 0.212. The van der Waals surface area contributed by atoms with Crippen molar-refractivity contribution in [2.75, 3.05) is 19.8 Å². The summed E-state index contributed by atoms with van der Waals surface area (Å²) in [6, 6.07) is 25.3. The molecular weight excluding hydrogens is 616 g/mol. The Morgan fingerprint density at radius 1 is 0.953 bits per heavy atom. The highest BCUT2D eigenvalue weighted by molar-refractivity contribution is 9.10. The number of rotatable bonds is 12. The molecule has 10 heteroatoms. The van der Waals surface area contributed by atoms with Crippen molar-refractivity contribution in [2.45, 2.75) is 25.8 Å². The van der Waals surface area contributed by atoms with Crippen molar-refractivity contribution in [1.82, 2.24) is 5.32 Å². The third-order valence-electron chi connectivity index (χ3n) is 6.83. The van der Waals surface area contributed by atoms with Crippen molar-refractivity contribution in [2.24, 2.45) is 0 Å². The van der Waals surface area contributed by atoms with Crippen molar-refractivity contribution in [1.29, 1.82) is 5.26 Å². The summed E-state index contributed by atoms with van der Waals surface area (Å²) >= 11 is 3.75. The number of nitrogens with one attached hydrogen (secondary N) is 1. The number of carboxylic acid groups (broad SMARTS) is 1. The summed E-state index contributed by atoms with van der Waals surface area (Å²) in [5.41, 5.74) is 4.92. The van der Waals surface area contributed by atoms with Gasteiger partial charge in [-0.25, -0.2) is 0 Å². The largest absolute Gasteiger partial charge is 0.489 e. The maximum absolute atomic E-state index is 11.4. The number of halogens is 1. The van der Waals surface area contributed by atoms with Gasteiger partial charge < -0.3 is 29.2 Å². The lowest BCUT2D eigenvalue weighted by Gasteiger charge is -2.19. The third kappa shape index (κ3) is 7.45. The fourth-order valence-electron chi connectivity index (χ4n) is 4.55. The third-order valence-corrected chi connectivity index (χ3v) is 7.77. The van der Waals surface area contributed by atoms with Crippen LogP contribution < -0.4 is 24.3 Å². The Morgan fingerprint density at radius 2 is 1.77 bits per heavy atom. The normalized spacial score (nSPS) is 12.7. The number of hydrogen-bond acceptors (Lipinski definition) is 8. The van der Waals surface area contributed by atoms with Crippen molar-refractivity contribution in [3.05, 3.63) is 106 Å². The topological polar surface area (TPSA) is 130 Å². The van der Waals surface area contributed by atoms with Crippen LogP contribution >= 0.6 is 15.9 Å². The molecule has 43 heavy (non-hydrogen) atoms. The average Bonchev–Trinajstić information content (AvgIpc) is 3.04. The molecule has 0 aromatic heterocycles. The van der Waals surface area contributed by atoms with E-state index in [1.54, 1.807) is 36.4 Å². The Kier molecular flexibility index (Phi) is 9.79. The molecule has 0 unspecified atom stereocenters. The minimum atomic E-state index is -1.15. The molecule has 0 radical (unpaired) electrons. The second kappa shape index (κ2) is 14.1. The summed E-state index contributed by atoms with van der Waals surface area (Å²) in [5, 5.41) is 30.7. The van der Waals surface area contributed by atoms with Gasteiger partial charge in [-0.2, -0.15) is 5.26 Å². The molecule has 1 aliphatic rings. The molecule has 0 bridgehead atoms. The lowest BCUT2D eigenvalue weighted by Crippen LogP contribution is -2.39. The van der Waals surface area contributed by atoms with E-state index in [1.165, 1.54) is 0 Å². The van der Waals surface area contributed by atoms with Gasteiger partial charge >= 0.3 is 5.97 Å². The van der Waals surface area contributed by atoms with Crippen LogP contribution in [0.5, 0.6) is 23.0 Å². The SMILES string of the molecule is N#Cc1cccc(COc2cc(OCc3cccc(-c4ccc5c(c4)OCCO5)c3Br)ccc2CN[C@@H](CO)C(=O)O)c1. The summed E-state index contributed by atoms with van der Waals surface area (Å²) < 4.78 is 24.6. The zero-order valence-corrected chi connectivity index (χ0v) is 24.7. The van der Waals surface area contributed by atoms with Gasteiger partial charge in [-0.3, -0.25) is 10.1 Å². The van der Waals surface area contributed by atoms with Gasteiger partial charge in [0.05, 0.1) is 18.2 Å². The molecule has 1 heterocycles. The average molecular weight is 646 g/mol. The van der Waals surface area contributed by atoms with E-state index in [2.05, 4.69) is 27.3 Å². The number of aliphatic hydroxyl groups excluding tert-OH is 1. The molecular formula is C33H29BrN2O7. The molecule has 0 fully saturated rings. The molecule has 5 rings (SSSR count). The molecule has 3 N–H and O–H groups in total. The molecule has 1 aliphatic heterocycles. The molecule has 0 aliphatic carbocycles. The molecule has 4 aromatic carbocycles. The molecule has 0 spiro atoms. The zero-order valence-electron chi connectivity index (χ0n) is 23.1. The number of ether oxygens (including phenoxy) is 4. The van der Waals surface area contributed by atoms with E-state index < -0.39 is 18.6 Å². The number of aliphatic carboxylic acids is 1. The van der Waals surface area contributed by atoms with Crippen LogP contribution in [-0.2, 0) is 24.6 Å². The first kappa shape index (κ1) is 29.9. The summed E-state index contributed by atoms with van der Waals surface area (Å²) in [6.45, 7) is 1.11. The number of nitriles is 1. The first-order chi connectivity index (χ1) is 20.9. The Hall–Kier alpha value is -4.56. The molecule has 220 valence electrons. The van der Waals surface area contributed by atoms with Crippen LogP contribution in [0.2, 0.25) is 0 Å². The lowest BCUT2D eigenvalue weighted by atomic mass is 10.0. The molecule has 0 saturated carbocycles. The van der Waals surface area contributed by atoms with Crippen LogP contribution in [0.1, 0.15) is 22.3 Å². The van der Waals surface area contributed by atoms with Crippen LogP contribution in [0.4, 0.5) is 0 Å². The van der Waals surface area contributed by atoms with Crippen molar-refractivity contribution < 1.29 is 34.0 Å². The van der Waals surface area contributed by atoms with E-state index in [0.717, 1.165) is 32.5 Å². The maximum Gasteiger partial charge on any atom is 0.323 e. The summed E-state index contributed by atoms with van der Waals surface area (Å²) in [5.74, 6) is 1.33. The molecule has 0 saturated heterocycles. The summed E-state index contributed by atoms with van der Waals surface area (Å²) in [7, 11) is 0. The minimum absolute atomic E-state index is 0.147. The maximum atomic E-state index is 11.4. The van der Waals surface area contributed by atoms with E-state index in [9.17, 15) is 20.3 Å². The minimum Gasteiger partial charge on any atom is -0.489 e. The first-order valence-electron chi connectivity index (χ1n) is 13.6. The Morgan fingerprint density at radius 3 is 2.56 bits per heavy atom. The number of benzene rings is 4. The predicted molar refractivity (Wildman–Crippen MR) is 162 cm³/mol. The predicted octanol–water partition coefficient (Wildman–Crippen LogP) is 5.45. The van der Waals surface area contributed by atoms with E-state index in [4.69, 9.17) is 18.9 Å². The molecule has 1 atom stereocenters. The van der Waals surface area contributed by atoms with Gasteiger partial charge in [0.15, 0.2) is 11.5 Å². The highest BCUT2D eigenvalue weighted by Gasteiger charge is 2.18. The highest BCUT2D eigenvalue weighted by Crippen LogP contribution is 2.38. The lowest BCUT2D eigenvalue weighted by molar-refractivity contribution is -0.140. The molecule has 0 amide bonds. The quantitative estimate of drug-likeness (QED) is 0.184. The summed E-state index contributed by atoms with van der Waals surface area (Å²) in [4.78, 5) is 11.4. The Labute approximate surface area is 257 Å². The van der Waals surface area contributed by atoms with E-state index in [0.29, 0.717) is 41.6 Å². The zero-order chi connectivity index (χ0) is 30.2. The monoisotopic (exact) mass is 644 g/mol. The Bertz CT molecular complexity index is 1650. The Balaban J connectivity index is 1.34. The van der Waals surface area contributed by atoms with Crippen LogP contribution in [0.3, 0.4) is 0 Å². The second-order valence-electron chi connectivity index (χ2n) is 9.75. The fourth-order valence-corrected chi connectivity index (χ4v) is 5.15. The van der Waals surface area contributed by atoms with E-state index >= 15 is 0 Å². The number of nitrogens with zero attached hydrogens (tertiary/aromatic N) is 1. The van der Waals surface area contributed by atoms with Crippen LogP contribution in [0.15, 0.2) is 83.3 Å². The van der Waals surface area contributed by atoms with Gasteiger partial charge in [-0.1, -0.05) is 42.5 Å². The van der Waals surface area contributed by atoms with E-state index in [-0.39, 0.29) is 19.8 Å². The first-order valence-corrected chi connectivity index (χ1v) is 14.4. The number of hydrogen-bond donors (Lipinski definition) is 3. The standard InChI is InChI=1S/C33H29BrN2O7/c34-32-25(5-2-6-27(32)23-8-10-29-31(14-23)41-12-11-40-29)20-42-26-9-7-24(17-36-28(18-37)33(38)39)30(15-26)43-19-22-4-1-3-21(13-22)16-35/h1-10,13-15,28,36-37H,11-12,17-20H2,(H,38,39)/t28-/m0/s1. The van der Waals surface area contributed by atoms with Gasteiger partial charge in [0.1, 0.15) is 44.0 Å². The van der Waals surface area contributed by atoms with E-state index in [1.807, 2.05) is 42.5 Å². The van der Waals surface area contributed by atoms with Crippen LogP contribution in [0, 0.1) is 11.3 Å². The number of fused-ring (bicyclic) bond motifs is 1. The van der Waals surface area contributed by atoms with Crippen molar-refractivity contribution >= 4 is 21.9 Å². The second-order valence-corrected chi connectivity index (χ2v) is 10.5. The van der Waals surface area contributed by atoms with Crippen LogP contribution in [-0.4, -0.2) is 42.0 Å². The highest BCUT2D eigenvalue weighted by atomic mass is 79.9. The van der Waals surface area contributed by atoms with Gasteiger partial charge in [-0.15, -0.1) is 0 Å². The van der Waals surface area contributed by atoms with Crippen LogP contribution in [0.25, 0.3) is 11.1 Å². The molecule has 9 nitrogen and oxygen atoms in total.